The predicted molar refractivity (Wildman–Crippen MR) is 110 cm³/mol. The highest BCUT2D eigenvalue weighted by molar-refractivity contribution is 6.30. The molecule has 6 nitrogen and oxygen atoms in total. The molecule has 1 saturated heterocycles. The maximum Gasteiger partial charge on any atom is 0.198 e. The lowest BCUT2D eigenvalue weighted by Crippen LogP contribution is -2.24. The number of ketones is 2. The molecule has 1 heterocycles. The minimum absolute atomic E-state index is 0.131. The van der Waals surface area contributed by atoms with Crippen LogP contribution in [0.15, 0.2) is 42.5 Å². The molecule has 0 bridgehead atoms. The highest BCUT2D eigenvalue weighted by atomic mass is 16.7. The summed E-state index contributed by atoms with van der Waals surface area (Å²) < 4.78 is 23.4. The Bertz CT molecular complexity index is 1040. The Morgan fingerprint density at radius 1 is 1.03 bits per heavy atom. The zero-order chi connectivity index (χ0) is 21.6. The fraction of sp³-hybridized carbons (Fsp3) is 0.333. The van der Waals surface area contributed by atoms with E-state index in [-0.39, 0.29) is 53.0 Å². The van der Waals surface area contributed by atoms with Crippen molar-refractivity contribution in [1.29, 1.82) is 0 Å². The summed E-state index contributed by atoms with van der Waals surface area (Å²) in [7, 11) is 1.47. The summed E-state index contributed by atoms with van der Waals surface area (Å²) in [5.74, 6) is -0.0159. The number of ether oxygens (including phenoxy) is 4. The summed E-state index contributed by atoms with van der Waals surface area (Å²) >= 11 is 0. The van der Waals surface area contributed by atoms with Crippen LogP contribution < -0.4 is 9.47 Å². The first-order chi connectivity index (χ1) is 14.3. The van der Waals surface area contributed by atoms with Crippen molar-refractivity contribution in [2.75, 3.05) is 13.7 Å². The third kappa shape index (κ3) is 3.22. The van der Waals surface area contributed by atoms with Crippen LogP contribution in [0.4, 0.5) is 0 Å². The summed E-state index contributed by atoms with van der Waals surface area (Å²) in [5, 5.41) is 0. The van der Waals surface area contributed by atoms with E-state index in [2.05, 4.69) is 6.58 Å². The zero-order valence-electron chi connectivity index (χ0n) is 17.5. The van der Waals surface area contributed by atoms with Gasteiger partial charge in [0.1, 0.15) is 18.1 Å². The Kier molecular flexibility index (Phi) is 5.22. The Hall–Kier alpha value is -2.96. The number of hydrogen-bond acceptors (Lipinski definition) is 6. The van der Waals surface area contributed by atoms with Crippen molar-refractivity contribution < 1.29 is 28.5 Å². The average Bonchev–Trinajstić information content (AvgIpc) is 3.07. The molecule has 30 heavy (non-hydrogen) atoms. The van der Waals surface area contributed by atoms with Crippen molar-refractivity contribution in [1.82, 2.24) is 0 Å². The molecule has 4 rings (SSSR count). The van der Waals surface area contributed by atoms with E-state index < -0.39 is 6.29 Å². The van der Waals surface area contributed by atoms with E-state index >= 15 is 0 Å². The van der Waals surface area contributed by atoms with Crippen LogP contribution in [0.5, 0.6) is 11.5 Å². The lowest BCUT2D eigenvalue weighted by atomic mass is 9.82. The van der Waals surface area contributed by atoms with Gasteiger partial charge in [0.2, 0.25) is 0 Å². The van der Waals surface area contributed by atoms with Crippen LogP contribution in [0.3, 0.4) is 0 Å². The third-order valence-corrected chi connectivity index (χ3v) is 5.41. The molecule has 156 valence electrons. The van der Waals surface area contributed by atoms with Crippen molar-refractivity contribution >= 4 is 11.6 Å². The van der Waals surface area contributed by atoms with Crippen molar-refractivity contribution in [3.05, 3.63) is 70.3 Å². The molecule has 0 amide bonds. The quantitative estimate of drug-likeness (QED) is 0.588. The van der Waals surface area contributed by atoms with Crippen LogP contribution >= 0.6 is 0 Å². The molecule has 2 aromatic carbocycles. The lowest BCUT2D eigenvalue weighted by Gasteiger charge is -2.25. The van der Waals surface area contributed by atoms with E-state index in [9.17, 15) is 9.59 Å². The second kappa shape index (κ2) is 7.70. The Balaban J connectivity index is 1.95. The highest BCUT2D eigenvalue weighted by Crippen LogP contribution is 2.45. The van der Waals surface area contributed by atoms with Crippen LogP contribution in [0.2, 0.25) is 0 Å². The first-order valence-corrected chi connectivity index (χ1v) is 9.84. The molecule has 0 saturated carbocycles. The fourth-order valence-corrected chi connectivity index (χ4v) is 3.75. The highest BCUT2D eigenvalue weighted by Gasteiger charge is 2.40. The smallest absolute Gasteiger partial charge is 0.198 e. The molecule has 0 N–H and O–H groups in total. The number of carbonyl (C=O) groups excluding carboxylic acids is 2. The molecule has 2 aliphatic rings. The molecular weight excluding hydrogens is 384 g/mol. The predicted octanol–water partition coefficient (Wildman–Crippen LogP) is 4.25. The second-order valence-electron chi connectivity index (χ2n) is 7.71. The molecule has 2 atom stereocenters. The molecule has 6 heteroatoms. The van der Waals surface area contributed by atoms with Gasteiger partial charge in [-0.05, 0) is 32.4 Å². The molecule has 0 aromatic heterocycles. The molecule has 0 radical (unpaired) electrons. The fourth-order valence-electron chi connectivity index (χ4n) is 3.75. The minimum Gasteiger partial charge on any atom is -0.495 e. The Morgan fingerprint density at radius 3 is 2.13 bits per heavy atom. The van der Waals surface area contributed by atoms with Gasteiger partial charge in [-0.15, -0.1) is 0 Å². The summed E-state index contributed by atoms with van der Waals surface area (Å²) in [6.45, 7) is 9.72. The molecule has 2 aromatic rings. The average molecular weight is 408 g/mol. The normalized spacial score (nSPS) is 20.7. The maximum atomic E-state index is 13.4. The van der Waals surface area contributed by atoms with Crippen LogP contribution in [0.1, 0.15) is 64.5 Å². The monoisotopic (exact) mass is 408 g/mol. The number of methoxy groups -OCH3 is 1. The molecule has 0 spiro atoms. The second-order valence-corrected chi connectivity index (χ2v) is 7.71. The number of rotatable bonds is 5. The van der Waals surface area contributed by atoms with Gasteiger partial charge in [-0.3, -0.25) is 9.59 Å². The van der Waals surface area contributed by atoms with Gasteiger partial charge < -0.3 is 18.9 Å². The molecule has 0 unspecified atom stereocenters. The summed E-state index contributed by atoms with van der Waals surface area (Å²) in [5.41, 5.74) is 2.36. The SMILES string of the molecule is C=C(C)COc1cc(C2O[C@H](C)[C@@H](C)O2)c(OC)c2c1C(=O)c1ccccc1C2=O. The van der Waals surface area contributed by atoms with Gasteiger partial charge in [0.25, 0.3) is 0 Å². The number of benzene rings is 2. The number of carbonyl (C=O) groups is 2. The van der Waals surface area contributed by atoms with E-state index in [1.54, 1.807) is 30.3 Å². The van der Waals surface area contributed by atoms with Crippen LogP contribution in [-0.4, -0.2) is 37.5 Å². The summed E-state index contributed by atoms with van der Waals surface area (Å²) in [6.07, 6.45) is -0.996. The van der Waals surface area contributed by atoms with Gasteiger partial charge >= 0.3 is 0 Å². The lowest BCUT2D eigenvalue weighted by molar-refractivity contribution is -0.0666. The van der Waals surface area contributed by atoms with E-state index in [1.807, 2.05) is 20.8 Å². The molecular formula is C24H24O6. The van der Waals surface area contributed by atoms with Crippen molar-refractivity contribution in [2.24, 2.45) is 0 Å². The Labute approximate surface area is 175 Å². The van der Waals surface area contributed by atoms with Crippen molar-refractivity contribution in [2.45, 2.75) is 39.3 Å². The van der Waals surface area contributed by atoms with Crippen LogP contribution in [-0.2, 0) is 9.47 Å². The largest absolute Gasteiger partial charge is 0.495 e. The van der Waals surface area contributed by atoms with Crippen molar-refractivity contribution in [3.8, 4) is 11.5 Å². The van der Waals surface area contributed by atoms with Gasteiger partial charge in [0, 0.05) is 11.1 Å². The standard InChI is InChI=1S/C24H24O6/c1-12(2)11-28-18-10-17(24-29-13(3)14(4)30-24)23(27-5)20-19(18)21(25)15-8-6-7-9-16(15)22(20)26/h6-10,13-14,24H,1,11H2,2-5H3/t13-,14-/m1/s1. The third-order valence-electron chi connectivity index (χ3n) is 5.41. The number of hydrogen-bond donors (Lipinski definition) is 0. The van der Waals surface area contributed by atoms with Gasteiger partial charge in [-0.1, -0.05) is 30.8 Å². The van der Waals surface area contributed by atoms with Gasteiger partial charge in [0.15, 0.2) is 17.9 Å². The van der Waals surface area contributed by atoms with Crippen molar-refractivity contribution in [3.63, 3.8) is 0 Å². The molecule has 1 fully saturated rings. The van der Waals surface area contributed by atoms with Gasteiger partial charge in [-0.25, -0.2) is 0 Å². The van der Waals surface area contributed by atoms with Crippen LogP contribution in [0.25, 0.3) is 0 Å². The number of fused-ring (bicyclic) bond motifs is 2. The van der Waals surface area contributed by atoms with Gasteiger partial charge in [-0.2, -0.15) is 0 Å². The van der Waals surface area contributed by atoms with E-state index in [4.69, 9.17) is 18.9 Å². The first kappa shape index (κ1) is 20.3. The van der Waals surface area contributed by atoms with E-state index in [0.717, 1.165) is 5.57 Å². The van der Waals surface area contributed by atoms with E-state index in [0.29, 0.717) is 16.7 Å². The topological polar surface area (TPSA) is 71.1 Å². The Morgan fingerprint density at radius 2 is 1.60 bits per heavy atom. The maximum absolute atomic E-state index is 13.4. The van der Waals surface area contributed by atoms with Gasteiger partial charge in [0.05, 0.1) is 36.0 Å². The first-order valence-electron chi connectivity index (χ1n) is 9.84. The summed E-state index contributed by atoms with van der Waals surface area (Å²) in [6, 6.07) is 8.43. The minimum atomic E-state index is -0.734. The molecule has 1 aliphatic heterocycles. The molecule has 1 aliphatic carbocycles. The van der Waals surface area contributed by atoms with E-state index in [1.165, 1.54) is 7.11 Å². The zero-order valence-corrected chi connectivity index (χ0v) is 17.5. The summed E-state index contributed by atoms with van der Waals surface area (Å²) in [4.78, 5) is 26.8. The van der Waals surface area contributed by atoms with Crippen LogP contribution in [0, 0.1) is 0 Å².